The van der Waals surface area contributed by atoms with Crippen molar-refractivity contribution in [1.29, 1.82) is 0 Å². The van der Waals surface area contributed by atoms with Crippen LogP contribution >= 0.6 is 0 Å². The lowest BCUT2D eigenvalue weighted by molar-refractivity contribution is -0.384. The number of anilines is 1. The topological polar surface area (TPSA) is 75.4 Å². The number of aliphatic hydroxyl groups is 1. The molecule has 5 nitrogen and oxygen atoms in total. The lowest BCUT2D eigenvalue weighted by Crippen LogP contribution is -2.41. The van der Waals surface area contributed by atoms with Crippen molar-refractivity contribution in [2.45, 2.75) is 39.2 Å². The first kappa shape index (κ1) is 14.4. The van der Waals surface area contributed by atoms with E-state index in [2.05, 4.69) is 5.32 Å². The van der Waals surface area contributed by atoms with Gasteiger partial charge in [0.05, 0.1) is 17.1 Å². The van der Waals surface area contributed by atoms with Crippen molar-refractivity contribution < 1.29 is 10.0 Å². The minimum absolute atomic E-state index is 0.0506. The van der Waals surface area contributed by atoms with Gasteiger partial charge < -0.3 is 10.4 Å². The average Bonchev–Trinajstić information content (AvgIpc) is 2.37. The molecule has 1 aromatic carbocycles. The molecule has 0 aliphatic carbocycles. The monoisotopic (exact) mass is 252 g/mol. The number of hydrogen-bond donors (Lipinski definition) is 2. The summed E-state index contributed by atoms with van der Waals surface area (Å²) in [6, 6.07) is 5.06. The summed E-state index contributed by atoms with van der Waals surface area (Å²) in [7, 11) is 0. The number of hydrogen-bond acceptors (Lipinski definition) is 4. The molecule has 100 valence electrons. The molecule has 18 heavy (non-hydrogen) atoms. The highest BCUT2D eigenvalue weighted by molar-refractivity contribution is 5.63. The number of benzene rings is 1. The number of aliphatic hydroxyl groups excluding tert-OH is 1. The molecule has 0 atom stereocenters. The Bertz CT molecular complexity index is 420. The summed E-state index contributed by atoms with van der Waals surface area (Å²) in [6.45, 7) is 5.67. The van der Waals surface area contributed by atoms with Crippen molar-refractivity contribution in [1.82, 2.24) is 0 Å². The molecule has 0 fully saturated rings. The lowest BCUT2D eigenvalue weighted by atomic mass is 9.93. The maximum Gasteiger partial charge on any atom is 0.292 e. The zero-order chi connectivity index (χ0) is 13.8. The third kappa shape index (κ3) is 2.98. The first-order valence-corrected chi connectivity index (χ1v) is 6.12. The molecule has 0 unspecified atom stereocenters. The van der Waals surface area contributed by atoms with Crippen molar-refractivity contribution >= 4 is 11.4 Å². The van der Waals surface area contributed by atoms with E-state index in [1.807, 2.05) is 26.8 Å². The Kier molecular flexibility index (Phi) is 4.67. The van der Waals surface area contributed by atoms with E-state index >= 15 is 0 Å². The van der Waals surface area contributed by atoms with E-state index in [9.17, 15) is 15.2 Å². The first-order chi connectivity index (χ1) is 8.48. The lowest BCUT2D eigenvalue weighted by Gasteiger charge is -2.31. The van der Waals surface area contributed by atoms with Crippen molar-refractivity contribution in [2.75, 3.05) is 11.9 Å². The molecule has 0 aliphatic heterocycles. The van der Waals surface area contributed by atoms with Crippen LogP contribution in [0.25, 0.3) is 0 Å². The Morgan fingerprint density at radius 1 is 1.39 bits per heavy atom. The molecule has 1 rings (SSSR count). The second kappa shape index (κ2) is 5.82. The highest BCUT2D eigenvalue weighted by Crippen LogP contribution is 2.30. The third-order valence-electron chi connectivity index (χ3n) is 3.41. The SMILES string of the molecule is CCC(CC)(CO)Nc1ccc(C)cc1[N+](=O)[O-]. The summed E-state index contributed by atoms with van der Waals surface area (Å²) in [5.41, 5.74) is 0.855. The van der Waals surface area contributed by atoms with Gasteiger partial charge in [-0.1, -0.05) is 19.9 Å². The van der Waals surface area contributed by atoms with Gasteiger partial charge in [0.15, 0.2) is 0 Å². The first-order valence-electron chi connectivity index (χ1n) is 6.12. The minimum atomic E-state index is -0.500. The van der Waals surface area contributed by atoms with Gasteiger partial charge in [-0.25, -0.2) is 0 Å². The fourth-order valence-electron chi connectivity index (χ4n) is 1.87. The zero-order valence-electron chi connectivity index (χ0n) is 11.1. The standard InChI is InChI=1S/C13H20N2O3/c1-4-13(5-2,9-16)14-11-7-6-10(3)8-12(11)15(17)18/h6-8,14,16H,4-5,9H2,1-3H3. The van der Waals surface area contributed by atoms with E-state index in [1.165, 1.54) is 6.07 Å². The van der Waals surface area contributed by atoms with Crippen LogP contribution in [0.5, 0.6) is 0 Å². The quantitative estimate of drug-likeness (QED) is 0.603. The number of rotatable bonds is 6. The predicted octanol–water partition coefficient (Wildman–Crippen LogP) is 2.87. The number of nitrogens with one attached hydrogen (secondary N) is 1. The van der Waals surface area contributed by atoms with E-state index in [0.29, 0.717) is 18.5 Å². The Morgan fingerprint density at radius 2 is 2.00 bits per heavy atom. The van der Waals surface area contributed by atoms with E-state index in [4.69, 9.17) is 0 Å². The molecule has 0 amide bonds. The van der Waals surface area contributed by atoms with E-state index < -0.39 is 10.5 Å². The van der Waals surface area contributed by atoms with Gasteiger partial charge in [0.1, 0.15) is 5.69 Å². The second-order valence-corrected chi connectivity index (χ2v) is 4.55. The Morgan fingerprint density at radius 3 is 2.44 bits per heavy atom. The highest BCUT2D eigenvalue weighted by atomic mass is 16.6. The zero-order valence-corrected chi connectivity index (χ0v) is 11.1. The van der Waals surface area contributed by atoms with Crippen LogP contribution in [-0.4, -0.2) is 22.2 Å². The molecule has 0 saturated carbocycles. The number of aryl methyl sites for hydroxylation is 1. The number of nitro benzene ring substituents is 1. The average molecular weight is 252 g/mol. The molecular formula is C13H20N2O3. The summed E-state index contributed by atoms with van der Waals surface area (Å²) in [4.78, 5) is 10.6. The number of nitrogens with zero attached hydrogens (tertiary/aromatic N) is 1. The smallest absolute Gasteiger partial charge is 0.292 e. The second-order valence-electron chi connectivity index (χ2n) is 4.55. The number of nitro groups is 1. The molecule has 0 aromatic heterocycles. The molecule has 0 bridgehead atoms. The fourth-order valence-corrected chi connectivity index (χ4v) is 1.87. The molecule has 0 aliphatic rings. The summed E-state index contributed by atoms with van der Waals surface area (Å²) < 4.78 is 0. The van der Waals surface area contributed by atoms with Gasteiger partial charge >= 0.3 is 0 Å². The van der Waals surface area contributed by atoms with Gasteiger partial charge in [-0.05, 0) is 31.4 Å². The van der Waals surface area contributed by atoms with Gasteiger partial charge in [-0.2, -0.15) is 0 Å². The molecule has 0 saturated heterocycles. The van der Waals surface area contributed by atoms with Crippen molar-refractivity contribution in [3.63, 3.8) is 0 Å². The van der Waals surface area contributed by atoms with Crippen LogP contribution in [0.4, 0.5) is 11.4 Å². The molecule has 0 spiro atoms. The largest absolute Gasteiger partial charge is 0.394 e. The van der Waals surface area contributed by atoms with Crippen LogP contribution in [0, 0.1) is 17.0 Å². The molecule has 2 N–H and O–H groups in total. The Hall–Kier alpha value is -1.62. The Balaban J connectivity index is 3.13. The van der Waals surface area contributed by atoms with Crippen molar-refractivity contribution in [3.05, 3.63) is 33.9 Å². The van der Waals surface area contributed by atoms with Crippen LogP contribution in [0.2, 0.25) is 0 Å². The molecule has 0 radical (unpaired) electrons. The summed E-state index contributed by atoms with van der Waals surface area (Å²) in [6.07, 6.45) is 1.40. The van der Waals surface area contributed by atoms with Gasteiger partial charge in [-0.15, -0.1) is 0 Å². The molecule has 1 aromatic rings. The van der Waals surface area contributed by atoms with Gasteiger partial charge in [0, 0.05) is 6.07 Å². The van der Waals surface area contributed by atoms with Crippen LogP contribution in [0.15, 0.2) is 18.2 Å². The van der Waals surface area contributed by atoms with Crippen LogP contribution in [0.3, 0.4) is 0 Å². The molecule has 0 heterocycles. The maximum absolute atomic E-state index is 11.0. The summed E-state index contributed by atoms with van der Waals surface area (Å²) in [5.74, 6) is 0. The van der Waals surface area contributed by atoms with Gasteiger partial charge in [0.25, 0.3) is 5.69 Å². The van der Waals surface area contributed by atoms with Crippen LogP contribution in [0.1, 0.15) is 32.3 Å². The minimum Gasteiger partial charge on any atom is -0.394 e. The fraction of sp³-hybridized carbons (Fsp3) is 0.538. The molecule has 5 heteroatoms. The highest BCUT2D eigenvalue weighted by Gasteiger charge is 2.27. The Labute approximate surface area is 107 Å². The van der Waals surface area contributed by atoms with Gasteiger partial charge in [-0.3, -0.25) is 10.1 Å². The van der Waals surface area contributed by atoms with Crippen molar-refractivity contribution in [3.8, 4) is 0 Å². The van der Waals surface area contributed by atoms with Gasteiger partial charge in [0.2, 0.25) is 0 Å². The van der Waals surface area contributed by atoms with E-state index in [-0.39, 0.29) is 12.3 Å². The summed E-state index contributed by atoms with van der Waals surface area (Å²) >= 11 is 0. The predicted molar refractivity (Wildman–Crippen MR) is 71.9 cm³/mol. The van der Waals surface area contributed by atoms with Crippen molar-refractivity contribution in [2.24, 2.45) is 0 Å². The van der Waals surface area contributed by atoms with Crippen LogP contribution < -0.4 is 5.32 Å². The van der Waals surface area contributed by atoms with E-state index in [1.54, 1.807) is 6.07 Å². The summed E-state index contributed by atoms with van der Waals surface area (Å²) in [5, 5.41) is 23.6. The normalized spacial score (nSPS) is 11.3. The van der Waals surface area contributed by atoms with E-state index in [0.717, 1.165) is 5.56 Å². The third-order valence-corrected chi connectivity index (χ3v) is 3.41. The molecular weight excluding hydrogens is 232 g/mol. The van der Waals surface area contributed by atoms with Crippen LogP contribution in [-0.2, 0) is 0 Å². The maximum atomic E-state index is 11.0.